The first-order valence-electron chi connectivity index (χ1n) is 5.80. The molecule has 1 N–H and O–H groups in total. The largest absolute Gasteiger partial charge is 0.390 e. The lowest BCUT2D eigenvalue weighted by molar-refractivity contribution is 0.0712. The van der Waals surface area contributed by atoms with E-state index in [0.29, 0.717) is 24.3 Å². The number of hydrogen-bond acceptors (Lipinski definition) is 1. The van der Waals surface area contributed by atoms with E-state index in [0.717, 1.165) is 5.56 Å². The van der Waals surface area contributed by atoms with Crippen molar-refractivity contribution < 1.29 is 9.50 Å². The predicted molar refractivity (Wildman–Crippen MR) is 65.1 cm³/mol. The molecule has 1 rings (SSSR count). The lowest BCUT2D eigenvalue weighted by Crippen LogP contribution is -2.19. The fraction of sp³-hybridized carbons (Fsp3) is 0.571. The zero-order valence-corrected chi connectivity index (χ0v) is 10.5. The van der Waals surface area contributed by atoms with Crippen molar-refractivity contribution in [2.75, 3.05) is 0 Å². The maximum Gasteiger partial charge on any atom is 0.126 e. The Morgan fingerprint density at radius 1 is 1.31 bits per heavy atom. The molecule has 0 bridgehead atoms. The van der Waals surface area contributed by atoms with Crippen LogP contribution in [0.3, 0.4) is 0 Å². The maximum atomic E-state index is 13.7. The molecule has 1 aromatic carbocycles. The first kappa shape index (κ1) is 13.2. The highest BCUT2D eigenvalue weighted by Gasteiger charge is 2.14. The van der Waals surface area contributed by atoms with Crippen molar-refractivity contribution in [1.82, 2.24) is 0 Å². The molecular weight excluding hydrogens is 203 g/mol. The third kappa shape index (κ3) is 3.93. The van der Waals surface area contributed by atoms with Crippen LogP contribution in [0.5, 0.6) is 0 Å². The summed E-state index contributed by atoms with van der Waals surface area (Å²) in [6.45, 7) is 7.58. The Kier molecular flexibility index (Phi) is 4.09. The fourth-order valence-electron chi connectivity index (χ4n) is 1.57. The smallest absolute Gasteiger partial charge is 0.126 e. The van der Waals surface area contributed by atoms with E-state index in [4.69, 9.17) is 0 Å². The van der Waals surface area contributed by atoms with E-state index in [9.17, 15) is 9.50 Å². The second-order valence-electron chi connectivity index (χ2n) is 5.32. The third-order valence-corrected chi connectivity index (χ3v) is 2.75. The maximum absolute atomic E-state index is 13.7. The van der Waals surface area contributed by atoms with Crippen molar-refractivity contribution >= 4 is 0 Å². The molecule has 0 atom stereocenters. The molecule has 0 aromatic heterocycles. The van der Waals surface area contributed by atoms with Crippen molar-refractivity contribution in [3.05, 3.63) is 35.1 Å². The molecule has 0 fully saturated rings. The average molecular weight is 224 g/mol. The Morgan fingerprint density at radius 3 is 2.38 bits per heavy atom. The minimum Gasteiger partial charge on any atom is -0.390 e. The van der Waals surface area contributed by atoms with Gasteiger partial charge in [-0.3, -0.25) is 0 Å². The Balaban J connectivity index is 2.76. The molecule has 0 heterocycles. The van der Waals surface area contributed by atoms with E-state index in [-0.39, 0.29) is 5.82 Å². The van der Waals surface area contributed by atoms with Gasteiger partial charge in [0.15, 0.2) is 0 Å². The number of benzene rings is 1. The Morgan fingerprint density at radius 2 is 1.94 bits per heavy atom. The summed E-state index contributed by atoms with van der Waals surface area (Å²) in [4.78, 5) is 0. The average Bonchev–Trinajstić information content (AvgIpc) is 2.14. The van der Waals surface area contributed by atoms with Crippen LogP contribution >= 0.6 is 0 Å². The minimum absolute atomic E-state index is 0.157. The molecule has 0 radical (unpaired) electrons. The highest BCUT2D eigenvalue weighted by molar-refractivity contribution is 5.26. The van der Waals surface area contributed by atoms with Crippen LogP contribution in [0.2, 0.25) is 0 Å². The number of rotatable bonds is 4. The molecule has 1 nitrogen and oxygen atoms in total. The van der Waals surface area contributed by atoms with Crippen LogP contribution in [0.1, 0.15) is 51.2 Å². The van der Waals surface area contributed by atoms with Crippen LogP contribution in [0.4, 0.5) is 4.39 Å². The molecule has 0 aliphatic rings. The van der Waals surface area contributed by atoms with Crippen molar-refractivity contribution in [2.24, 2.45) is 0 Å². The summed E-state index contributed by atoms with van der Waals surface area (Å²) in [5, 5.41) is 9.59. The van der Waals surface area contributed by atoms with E-state index in [2.05, 4.69) is 0 Å². The molecule has 16 heavy (non-hydrogen) atoms. The molecule has 0 amide bonds. The van der Waals surface area contributed by atoms with Crippen LogP contribution in [0.25, 0.3) is 0 Å². The molecule has 0 unspecified atom stereocenters. The lowest BCUT2D eigenvalue weighted by atomic mass is 9.96. The molecule has 90 valence electrons. The first-order valence-corrected chi connectivity index (χ1v) is 5.80. The highest BCUT2D eigenvalue weighted by atomic mass is 19.1. The summed E-state index contributed by atoms with van der Waals surface area (Å²) in [5.41, 5.74) is 0.972. The van der Waals surface area contributed by atoms with Crippen LogP contribution in [-0.4, -0.2) is 10.7 Å². The van der Waals surface area contributed by atoms with Crippen LogP contribution in [0, 0.1) is 5.82 Å². The van der Waals surface area contributed by atoms with E-state index >= 15 is 0 Å². The zero-order valence-electron chi connectivity index (χ0n) is 10.5. The Hall–Kier alpha value is -0.890. The quantitative estimate of drug-likeness (QED) is 0.827. The highest BCUT2D eigenvalue weighted by Crippen LogP contribution is 2.20. The minimum atomic E-state index is -0.733. The second kappa shape index (κ2) is 4.96. The fourth-order valence-corrected chi connectivity index (χ4v) is 1.57. The summed E-state index contributed by atoms with van der Waals surface area (Å²) in [5.74, 6) is 0.188. The van der Waals surface area contributed by atoms with Crippen molar-refractivity contribution in [2.45, 2.75) is 52.1 Å². The molecule has 0 aliphatic heterocycles. The monoisotopic (exact) mass is 224 g/mol. The Labute approximate surface area is 97.3 Å². The zero-order chi connectivity index (χ0) is 12.3. The van der Waals surface area contributed by atoms with E-state index in [1.807, 2.05) is 26.0 Å². The number of aliphatic hydroxyl groups is 1. The molecular formula is C14H21FO. The van der Waals surface area contributed by atoms with Gasteiger partial charge in [0.25, 0.3) is 0 Å². The van der Waals surface area contributed by atoms with Gasteiger partial charge in [-0.15, -0.1) is 0 Å². The molecule has 0 saturated carbocycles. The summed E-state index contributed by atoms with van der Waals surface area (Å²) in [7, 11) is 0. The van der Waals surface area contributed by atoms with Gasteiger partial charge in [-0.2, -0.15) is 0 Å². The second-order valence-corrected chi connectivity index (χ2v) is 5.32. The number of aryl methyl sites for hydroxylation is 1. The van der Waals surface area contributed by atoms with Crippen molar-refractivity contribution in [3.63, 3.8) is 0 Å². The van der Waals surface area contributed by atoms with Gasteiger partial charge >= 0.3 is 0 Å². The Bertz CT molecular complexity index is 350. The molecule has 0 spiro atoms. The van der Waals surface area contributed by atoms with Gasteiger partial charge in [0, 0.05) is 0 Å². The number of halogens is 1. The molecule has 1 aromatic rings. The van der Waals surface area contributed by atoms with Gasteiger partial charge in [-0.25, -0.2) is 4.39 Å². The van der Waals surface area contributed by atoms with Crippen molar-refractivity contribution in [3.8, 4) is 0 Å². The molecule has 0 aliphatic carbocycles. The van der Waals surface area contributed by atoms with Gasteiger partial charge < -0.3 is 5.11 Å². The summed E-state index contributed by atoms with van der Waals surface area (Å²) < 4.78 is 13.7. The normalized spacial score (nSPS) is 12.2. The van der Waals surface area contributed by atoms with E-state index in [1.165, 1.54) is 0 Å². The van der Waals surface area contributed by atoms with E-state index in [1.54, 1.807) is 19.9 Å². The lowest BCUT2D eigenvalue weighted by Gasteiger charge is -2.17. The predicted octanol–water partition coefficient (Wildman–Crippen LogP) is 3.65. The standard InChI is InChI=1S/C14H21FO/c1-10(2)12-6-5-11(13(15)9-12)7-8-14(3,4)16/h5-6,9-10,16H,7-8H2,1-4H3. The van der Waals surface area contributed by atoms with Crippen molar-refractivity contribution in [1.29, 1.82) is 0 Å². The molecule has 2 heteroatoms. The van der Waals surface area contributed by atoms with Crippen LogP contribution < -0.4 is 0 Å². The van der Waals surface area contributed by atoms with E-state index < -0.39 is 5.60 Å². The summed E-state index contributed by atoms with van der Waals surface area (Å²) in [6, 6.07) is 5.40. The molecule has 0 saturated heterocycles. The summed E-state index contributed by atoms with van der Waals surface area (Å²) >= 11 is 0. The topological polar surface area (TPSA) is 20.2 Å². The van der Waals surface area contributed by atoms with Gasteiger partial charge in [-0.1, -0.05) is 26.0 Å². The van der Waals surface area contributed by atoms with Gasteiger partial charge in [0.1, 0.15) is 5.82 Å². The van der Waals surface area contributed by atoms with Crippen LogP contribution in [0.15, 0.2) is 18.2 Å². The van der Waals surface area contributed by atoms with Gasteiger partial charge in [0.05, 0.1) is 5.60 Å². The third-order valence-electron chi connectivity index (χ3n) is 2.75. The summed E-state index contributed by atoms with van der Waals surface area (Å²) in [6.07, 6.45) is 1.15. The van der Waals surface area contributed by atoms with Crippen LogP contribution in [-0.2, 0) is 6.42 Å². The van der Waals surface area contributed by atoms with Gasteiger partial charge in [0.2, 0.25) is 0 Å². The van der Waals surface area contributed by atoms with Gasteiger partial charge in [-0.05, 0) is 49.8 Å². The first-order chi connectivity index (χ1) is 7.29. The number of hydrogen-bond donors (Lipinski definition) is 1. The SMILES string of the molecule is CC(C)c1ccc(CCC(C)(C)O)c(F)c1.